The summed E-state index contributed by atoms with van der Waals surface area (Å²) in [6.07, 6.45) is 1.55. The van der Waals surface area contributed by atoms with Gasteiger partial charge >= 0.3 is 0 Å². The highest BCUT2D eigenvalue weighted by Gasteiger charge is 2.14. The lowest BCUT2D eigenvalue weighted by Crippen LogP contribution is -2.11. The van der Waals surface area contributed by atoms with Crippen LogP contribution in [0.15, 0.2) is 48.7 Å². The number of hydrogen-bond donors (Lipinski definition) is 1. The van der Waals surface area contributed by atoms with E-state index < -0.39 is 11.7 Å². The van der Waals surface area contributed by atoms with Crippen LogP contribution < -0.4 is 5.73 Å². The average Bonchev–Trinajstić information content (AvgIpc) is 2.85. The molecule has 2 N–H and O–H groups in total. The minimum absolute atomic E-state index is 0.214. The van der Waals surface area contributed by atoms with Crippen LogP contribution in [0.2, 0.25) is 0 Å². The first-order valence-corrected chi connectivity index (χ1v) is 5.70. The first-order valence-electron chi connectivity index (χ1n) is 5.70. The van der Waals surface area contributed by atoms with Gasteiger partial charge in [0.25, 0.3) is 5.91 Å². The molecule has 19 heavy (non-hydrogen) atoms. The predicted octanol–water partition coefficient (Wildman–Crippen LogP) is 2.26. The molecule has 1 heterocycles. The number of halogens is 1. The molecule has 94 valence electrons. The molecule has 0 aliphatic carbocycles. The third-order valence-electron chi connectivity index (χ3n) is 2.91. The van der Waals surface area contributed by atoms with Crippen molar-refractivity contribution in [2.24, 2.45) is 5.73 Å². The van der Waals surface area contributed by atoms with E-state index in [2.05, 4.69) is 5.10 Å². The number of carbonyl (C=O) groups is 1. The Morgan fingerprint density at radius 1 is 1.16 bits per heavy atom. The SMILES string of the molecule is NC(=O)c1ccc(F)c2cn(-c3ccccc3)nc12. The standard InChI is InChI=1S/C14H10FN3O/c15-12-7-6-10(14(16)19)13-11(12)8-18(17-13)9-4-2-1-3-5-9/h1-8H,(H2,16,19). The van der Waals surface area contributed by atoms with Crippen LogP contribution in [0, 0.1) is 5.82 Å². The summed E-state index contributed by atoms with van der Waals surface area (Å²) in [6.45, 7) is 0. The maximum absolute atomic E-state index is 13.8. The van der Waals surface area contributed by atoms with Gasteiger partial charge in [-0.05, 0) is 24.3 Å². The Morgan fingerprint density at radius 3 is 2.58 bits per heavy atom. The van der Waals surface area contributed by atoms with E-state index in [0.717, 1.165) is 5.69 Å². The zero-order chi connectivity index (χ0) is 13.4. The summed E-state index contributed by atoms with van der Waals surface area (Å²) < 4.78 is 15.3. The Bertz CT molecular complexity index is 765. The van der Waals surface area contributed by atoms with Crippen molar-refractivity contribution in [2.75, 3.05) is 0 Å². The molecule has 1 aromatic heterocycles. The lowest BCUT2D eigenvalue weighted by atomic mass is 10.1. The number of nitrogens with two attached hydrogens (primary N) is 1. The van der Waals surface area contributed by atoms with Crippen molar-refractivity contribution in [3.8, 4) is 5.69 Å². The highest BCUT2D eigenvalue weighted by Crippen LogP contribution is 2.22. The minimum atomic E-state index is -0.622. The van der Waals surface area contributed by atoms with E-state index in [9.17, 15) is 9.18 Å². The Labute approximate surface area is 108 Å². The lowest BCUT2D eigenvalue weighted by Gasteiger charge is -1.98. The van der Waals surface area contributed by atoms with Crippen LogP contribution in [0.5, 0.6) is 0 Å². The Kier molecular flexibility index (Phi) is 2.52. The zero-order valence-electron chi connectivity index (χ0n) is 9.88. The molecule has 0 unspecified atom stereocenters. The molecule has 3 aromatic rings. The van der Waals surface area contributed by atoms with Crippen LogP contribution in [0.3, 0.4) is 0 Å². The fourth-order valence-corrected chi connectivity index (χ4v) is 1.98. The second kappa shape index (κ2) is 4.20. The summed E-state index contributed by atoms with van der Waals surface area (Å²) in [7, 11) is 0. The van der Waals surface area contributed by atoms with Crippen molar-refractivity contribution in [3.63, 3.8) is 0 Å². The van der Waals surface area contributed by atoms with Crippen molar-refractivity contribution in [3.05, 3.63) is 60.0 Å². The molecule has 0 atom stereocenters. The van der Waals surface area contributed by atoms with Gasteiger partial charge in [0.05, 0.1) is 16.6 Å². The van der Waals surface area contributed by atoms with Crippen molar-refractivity contribution in [1.82, 2.24) is 9.78 Å². The lowest BCUT2D eigenvalue weighted by molar-refractivity contribution is 0.100. The number of nitrogens with zero attached hydrogens (tertiary/aromatic N) is 2. The van der Waals surface area contributed by atoms with Crippen LogP contribution >= 0.6 is 0 Å². The van der Waals surface area contributed by atoms with Crippen molar-refractivity contribution in [1.29, 1.82) is 0 Å². The molecule has 4 nitrogen and oxygen atoms in total. The van der Waals surface area contributed by atoms with E-state index >= 15 is 0 Å². The van der Waals surface area contributed by atoms with E-state index in [0.29, 0.717) is 0 Å². The molecule has 0 saturated heterocycles. The number of rotatable bonds is 2. The van der Waals surface area contributed by atoms with Crippen LogP contribution in [-0.4, -0.2) is 15.7 Å². The maximum Gasteiger partial charge on any atom is 0.250 e. The minimum Gasteiger partial charge on any atom is -0.366 e. The number of primary amides is 1. The number of aromatic nitrogens is 2. The third kappa shape index (κ3) is 1.85. The Hall–Kier alpha value is -2.69. The van der Waals surface area contributed by atoms with Gasteiger partial charge in [0.15, 0.2) is 0 Å². The maximum atomic E-state index is 13.8. The summed E-state index contributed by atoms with van der Waals surface area (Å²) in [5.41, 5.74) is 6.54. The molecule has 2 aromatic carbocycles. The molecule has 0 aliphatic heterocycles. The van der Waals surface area contributed by atoms with E-state index in [1.807, 2.05) is 30.3 Å². The monoisotopic (exact) mass is 255 g/mol. The van der Waals surface area contributed by atoms with Crippen molar-refractivity contribution >= 4 is 16.8 Å². The molecule has 0 radical (unpaired) electrons. The summed E-state index contributed by atoms with van der Waals surface area (Å²) in [6, 6.07) is 11.8. The number of benzene rings is 2. The van der Waals surface area contributed by atoms with Crippen molar-refractivity contribution < 1.29 is 9.18 Å². The summed E-state index contributed by atoms with van der Waals surface area (Å²) in [4.78, 5) is 11.3. The van der Waals surface area contributed by atoms with Gasteiger partial charge in [-0.1, -0.05) is 18.2 Å². The summed E-state index contributed by atoms with van der Waals surface area (Å²) >= 11 is 0. The molecule has 0 saturated carbocycles. The molecule has 1 amide bonds. The van der Waals surface area contributed by atoms with E-state index in [1.165, 1.54) is 16.8 Å². The van der Waals surface area contributed by atoms with Gasteiger partial charge in [0, 0.05) is 6.20 Å². The Balaban J connectivity index is 2.29. The number of fused-ring (bicyclic) bond motifs is 1. The molecule has 0 fully saturated rings. The highest BCUT2D eigenvalue weighted by atomic mass is 19.1. The highest BCUT2D eigenvalue weighted by molar-refractivity contribution is 6.04. The molecule has 5 heteroatoms. The van der Waals surface area contributed by atoms with Crippen LogP contribution in [-0.2, 0) is 0 Å². The second-order valence-electron chi connectivity index (χ2n) is 4.13. The quantitative estimate of drug-likeness (QED) is 0.763. The largest absolute Gasteiger partial charge is 0.366 e. The van der Waals surface area contributed by atoms with Gasteiger partial charge in [0.1, 0.15) is 11.3 Å². The van der Waals surface area contributed by atoms with Gasteiger partial charge in [0.2, 0.25) is 0 Å². The van der Waals surface area contributed by atoms with Gasteiger partial charge in [-0.25, -0.2) is 9.07 Å². The molecular formula is C14H10FN3O. The molecule has 0 bridgehead atoms. The first-order chi connectivity index (χ1) is 9.16. The molecular weight excluding hydrogens is 245 g/mol. The second-order valence-corrected chi connectivity index (χ2v) is 4.13. The number of hydrogen-bond acceptors (Lipinski definition) is 2. The number of amides is 1. The van der Waals surface area contributed by atoms with E-state index in [1.54, 1.807) is 6.20 Å². The third-order valence-corrected chi connectivity index (χ3v) is 2.91. The summed E-state index contributed by atoms with van der Waals surface area (Å²) in [5.74, 6) is -1.05. The summed E-state index contributed by atoms with van der Waals surface area (Å²) in [5, 5.41) is 4.52. The van der Waals surface area contributed by atoms with Crippen LogP contribution in [0.25, 0.3) is 16.6 Å². The van der Waals surface area contributed by atoms with Gasteiger partial charge in [-0.3, -0.25) is 4.79 Å². The molecule has 0 spiro atoms. The zero-order valence-corrected chi connectivity index (χ0v) is 9.88. The predicted molar refractivity (Wildman–Crippen MR) is 69.5 cm³/mol. The smallest absolute Gasteiger partial charge is 0.250 e. The topological polar surface area (TPSA) is 60.9 Å². The van der Waals surface area contributed by atoms with E-state index in [4.69, 9.17) is 5.73 Å². The van der Waals surface area contributed by atoms with Gasteiger partial charge < -0.3 is 5.73 Å². The Morgan fingerprint density at radius 2 is 1.89 bits per heavy atom. The fraction of sp³-hybridized carbons (Fsp3) is 0. The first kappa shape index (κ1) is 11.4. The molecule has 0 aliphatic rings. The fourth-order valence-electron chi connectivity index (χ4n) is 1.98. The van der Waals surface area contributed by atoms with Crippen LogP contribution in [0.4, 0.5) is 4.39 Å². The number of carbonyl (C=O) groups excluding carboxylic acids is 1. The van der Waals surface area contributed by atoms with E-state index in [-0.39, 0.29) is 16.5 Å². The van der Waals surface area contributed by atoms with Crippen molar-refractivity contribution in [2.45, 2.75) is 0 Å². The average molecular weight is 255 g/mol. The normalized spacial score (nSPS) is 10.8. The number of para-hydroxylation sites is 1. The molecule has 3 rings (SSSR count). The van der Waals surface area contributed by atoms with Gasteiger partial charge in [-0.2, -0.15) is 5.10 Å². The van der Waals surface area contributed by atoms with Gasteiger partial charge in [-0.15, -0.1) is 0 Å². The van der Waals surface area contributed by atoms with Crippen LogP contribution in [0.1, 0.15) is 10.4 Å².